The van der Waals surface area contributed by atoms with E-state index in [4.69, 9.17) is 10.00 Å². The zero-order valence-electron chi connectivity index (χ0n) is 9.68. The fourth-order valence-corrected chi connectivity index (χ4v) is 2.25. The fourth-order valence-electron chi connectivity index (χ4n) is 2.25. The van der Waals surface area contributed by atoms with Crippen LogP contribution in [0.4, 0.5) is 5.69 Å². The summed E-state index contributed by atoms with van der Waals surface area (Å²) in [6.07, 6.45) is 0.962. The Hall–Kier alpha value is -1.69. The number of benzene rings is 1. The van der Waals surface area contributed by atoms with Gasteiger partial charge in [-0.25, -0.2) is 0 Å². The molecule has 3 heteroatoms. The van der Waals surface area contributed by atoms with Crippen molar-refractivity contribution in [3.05, 3.63) is 24.3 Å². The molecule has 1 heterocycles. The van der Waals surface area contributed by atoms with E-state index >= 15 is 0 Å². The van der Waals surface area contributed by atoms with Crippen LogP contribution in [0.15, 0.2) is 24.3 Å². The quantitative estimate of drug-likeness (QED) is 0.761. The molecule has 1 aliphatic heterocycles. The van der Waals surface area contributed by atoms with Crippen LogP contribution in [-0.4, -0.2) is 19.7 Å². The summed E-state index contributed by atoms with van der Waals surface area (Å²) >= 11 is 0. The number of hydrogen-bond donors (Lipinski definition) is 0. The molecule has 0 saturated carbocycles. The normalized spacial score (nSPS) is 24.2. The summed E-state index contributed by atoms with van der Waals surface area (Å²) in [6.45, 7) is 3.08. The molecular formula is C13H16N2O. The van der Waals surface area contributed by atoms with Crippen molar-refractivity contribution in [3.8, 4) is 11.8 Å². The molecule has 0 spiro atoms. The van der Waals surface area contributed by atoms with E-state index in [2.05, 4.69) is 30.0 Å². The summed E-state index contributed by atoms with van der Waals surface area (Å²) in [5, 5.41) is 8.99. The topological polar surface area (TPSA) is 36.3 Å². The van der Waals surface area contributed by atoms with E-state index in [1.54, 1.807) is 7.11 Å². The Balaban J connectivity index is 2.16. The van der Waals surface area contributed by atoms with E-state index in [-0.39, 0.29) is 5.92 Å². The van der Waals surface area contributed by atoms with Crippen LogP contribution in [-0.2, 0) is 0 Å². The molecule has 3 nitrogen and oxygen atoms in total. The Bertz CT molecular complexity index is 393. The van der Waals surface area contributed by atoms with Gasteiger partial charge in [0.1, 0.15) is 5.75 Å². The summed E-state index contributed by atoms with van der Waals surface area (Å²) in [7, 11) is 1.67. The molecule has 2 rings (SSSR count). The number of nitriles is 1. The molecular weight excluding hydrogens is 200 g/mol. The zero-order valence-corrected chi connectivity index (χ0v) is 9.68. The van der Waals surface area contributed by atoms with Crippen LogP contribution in [0.2, 0.25) is 0 Å². The van der Waals surface area contributed by atoms with E-state index in [1.165, 1.54) is 5.69 Å². The van der Waals surface area contributed by atoms with Gasteiger partial charge >= 0.3 is 0 Å². The number of nitrogens with zero attached hydrogens (tertiary/aromatic N) is 2. The number of methoxy groups -OCH3 is 1. The SMILES string of the molecule is COc1ccc(N2CCC(C#N)C2C)cc1. The smallest absolute Gasteiger partial charge is 0.119 e. The Labute approximate surface area is 96.2 Å². The Morgan fingerprint density at radius 2 is 2.06 bits per heavy atom. The molecule has 0 bridgehead atoms. The lowest BCUT2D eigenvalue weighted by Gasteiger charge is -2.24. The molecule has 1 saturated heterocycles. The summed E-state index contributed by atoms with van der Waals surface area (Å²) in [6, 6.07) is 10.7. The van der Waals surface area contributed by atoms with E-state index in [1.807, 2.05) is 12.1 Å². The van der Waals surface area contributed by atoms with Gasteiger partial charge in [-0.2, -0.15) is 5.26 Å². The predicted molar refractivity (Wildman–Crippen MR) is 63.5 cm³/mol. The zero-order chi connectivity index (χ0) is 11.5. The van der Waals surface area contributed by atoms with Crippen molar-refractivity contribution in [2.45, 2.75) is 19.4 Å². The van der Waals surface area contributed by atoms with Gasteiger partial charge in [0.05, 0.1) is 19.1 Å². The highest BCUT2D eigenvalue weighted by atomic mass is 16.5. The highest BCUT2D eigenvalue weighted by Gasteiger charge is 2.30. The van der Waals surface area contributed by atoms with Gasteiger partial charge in [0.25, 0.3) is 0 Å². The second-order valence-electron chi connectivity index (χ2n) is 4.16. The predicted octanol–water partition coefficient (Wildman–Crippen LogP) is 2.43. The summed E-state index contributed by atoms with van der Waals surface area (Å²) < 4.78 is 5.13. The molecule has 0 radical (unpaired) electrons. The third-order valence-electron chi connectivity index (χ3n) is 3.32. The highest BCUT2D eigenvalue weighted by molar-refractivity contribution is 5.51. The molecule has 0 aromatic heterocycles. The van der Waals surface area contributed by atoms with E-state index in [9.17, 15) is 0 Å². The molecule has 84 valence electrons. The molecule has 2 unspecified atom stereocenters. The minimum atomic E-state index is 0.155. The Morgan fingerprint density at radius 3 is 2.56 bits per heavy atom. The van der Waals surface area contributed by atoms with Gasteiger partial charge in [0.2, 0.25) is 0 Å². The van der Waals surface area contributed by atoms with Crippen LogP contribution in [0, 0.1) is 17.2 Å². The van der Waals surface area contributed by atoms with Crippen LogP contribution in [0.5, 0.6) is 5.75 Å². The van der Waals surface area contributed by atoms with Crippen molar-refractivity contribution in [1.82, 2.24) is 0 Å². The third-order valence-corrected chi connectivity index (χ3v) is 3.32. The van der Waals surface area contributed by atoms with Crippen molar-refractivity contribution in [1.29, 1.82) is 5.26 Å². The molecule has 1 fully saturated rings. The average Bonchev–Trinajstić information content (AvgIpc) is 2.70. The molecule has 1 aliphatic rings. The van der Waals surface area contributed by atoms with Crippen LogP contribution in [0.1, 0.15) is 13.3 Å². The van der Waals surface area contributed by atoms with Crippen molar-refractivity contribution < 1.29 is 4.74 Å². The molecule has 0 aliphatic carbocycles. The van der Waals surface area contributed by atoms with Crippen LogP contribution >= 0.6 is 0 Å². The molecule has 16 heavy (non-hydrogen) atoms. The lowest BCUT2D eigenvalue weighted by atomic mass is 10.0. The first-order valence-electron chi connectivity index (χ1n) is 5.56. The van der Waals surface area contributed by atoms with Crippen LogP contribution in [0.25, 0.3) is 0 Å². The first-order valence-corrected chi connectivity index (χ1v) is 5.56. The number of anilines is 1. The van der Waals surface area contributed by atoms with Gasteiger partial charge in [0.15, 0.2) is 0 Å². The monoisotopic (exact) mass is 216 g/mol. The average molecular weight is 216 g/mol. The third kappa shape index (κ3) is 1.83. The Kier molecular flexibility index (Phi) is 3.00. The second kappa shape index (κ2) is 4.44. The lowest BCUT2D eigenvalue weighted by Crippen LogP contribution is -2.29. The highest BCUT2D eigenvalue weighted by Crippen LogP contribution is 2.30. The molecule has 1 aromatic carbocycles. The molecule has 0 N–H and O–H groups in total. The van der Waals surface area contributed by atoms with Gasteiger partial charge in [-0.3, -0.25) is 0 Å². The molecule has 2 atom stereocenters. The van der Waals surface area contributed by atoms with Gasteiger partial charge < -0.3 is 9.64 Å². The maximum absolute atomic E-state index is 8.99. The van der Waals surface area contributed by atoms with Gasteiger partial charge in [0, 0.05) is 18.3 Å². The first kappa shape index (κ1) is 10.8. The van der Waals surface area contributed by atoms with E-state index in [0.717, 1.165) is 18.7 Å². The summed E-state index contributed by atoms with van der Waals surface area (Å²) in [4.78, 5) is 2.29. The standard InChI is InChI=1S/C13H16N2O/c1-10-11(9-14)7-8-15(10)12-3-5-13(16-2)6-4-12/h3-6,10-11H,7-8H2,1-2H3. The minimum absolute atomic E-state index is 0.155. The largest absolute Gasteiger partial charge is 0.497 e. The first-order chi connectivity index (χ1) is 7.76. The van der Waals surface area contributed by atoms with E-state index < -0.39 is 0 Å². The van der Waals surface area contributed by atoms with Gasteiger partial charge in [-0.15, -0.1) is 0 Å². The van der Waals surface area contributed by atoms with Crippen LogP contribution < -0.4 is 9.64 Å². The van der Waals surface area contributed by atoms with Gasteiger partial charge in [-0.1, -0.05) is 0 Å². The maximum atomic E-state index is 8.99. The van der Waals surface area contributed by atoms with E-state index in [0.29, 0.717) is 6.04 Å². The summed E-state index contributed by atoms with van der Waals surface area (Å²) in [5.41, 5.74) is 1.17. The fraction of sp³-hybridized carbons (Fsp3) is 0.462. The number of hydrogen-bond acceptors (Lipinski definition) is 3. The van der Waals surface area contributed by atoms with Crippen molar-refractivity contribution in [2.24, 2.45) is 5.92 Å². The lowest BCUT2D eigenvalue weighted by molar-refractivity contribution is 0.415. The minimum Gasteiger partial charge on any atom is -0.497 e. The number of ether oxygens (including phenoxy) is 1. The molecule has 0 amide bonds. The number of rotatable bonds is 2. The van der Waals surface area contributed by atoms with Crippen molar-refractivity contribution in [3.63, 3.8) is 0 Å². The van der Waals surface area contributed by atoms with Crippen LogP contribution in [0.3, 0.4) is 0 Å². The van der Waals surface area contributed by atoms with Crippen molar-refractivity contribution in [2.75, 3.05) is 18.6 Å². The van der Waals surface area contributed by atoms with Crippen molar-refractivity contribution >= 4 is 5.69 Å². The second-order valence-corrected chi connectivity index (χ2v) is 4.16. The molecule has 1 aromatic rings. The summed E-state index contributed by atoms with van der Waals surface area (Å²) in [5.74, 6) is 1.02. The maximum Gasteiger partial charge on any atom is 0.119 e. The Morgan fingerprint density at radius 1 is 1.38 bits per heavy atom. The van der Waals surface area contributed by atoms with Gasteiger partial charge in [-0.05, 0) is 37.6 Å².